The van der Waals surface area contributed by atoms with Crippen LogP contribution in [0.3, 0.4) is 0 Å². The zero-order valence-electron chi connectivity index (χ0n) is 13.5. The van der Waals surface area contributed by atoms with Crippen molar-refractivity contribution >= 4 is 18.3 Å². The average molecular weight is 341 g/mol. The summed E-state index contributed by atoms with van der Waals surface area (Å²) >= 11 is 0. The van der Waals surface area contributed by atoms with E-state index in [1.807, 2.05) is 17.0 Å². The Hall–Kier alpha value is -1.30. The Morgan fingerprint density at radius 1 is 1.39 bits per heavy atom. The van der Waals surface area contributed by atoms with Crippen LogP contribution in [-0.2, 0) is 9.53 Å². The van der Waals surface area contributed by atoms with E-state index in [9.17, 15) is 4.79 Å². The van der Waals surface area contributed by atoms with Crippen LogP contribution in [0.1, 0.15) is 30.9 Å². The quantitative estimate of drug-likeness (QED) is 0.912. The van der Waals surface area contributed by atoms with E-state index in [0.717, 1.165) is 38.2 Å². The zero-order valence-corrected chi connectivity index (χ0v) is 14.3. The molecule has 2 saturated heterocycles. The first kappa shape index (κ1) is 18.0. The number of benzene rings is 1. The molecule has 23 heavy (non-hydrogen) atoms. The molecule has 0 bridgehead atoms. The van der Waals surface area contributed by atoms with Crippen molar-refractivity contribution in [2.24, 2.45) is 0 Å². The summed E-state index contributed by atoms with van der Waals surface area (Å²) in [5.74, 6) is 1.05. The van der Waals surface area contributed by atoms with Crippen LogP contribution in [0.2, 0.25) is 0 Å². The van der Waals surface area contributed by atoms with Gasteiger partial charge in [-0.3, -0.25) is 4.79 Å². The van der Waals surface area contributed by atoms with Gasteiger partial charge in [-0.25, -0.2) is 0 Å². The molecule has 0 saturated carbocycles. The summed E-state index contributed by atoms with van der Waals surface area (Å²) in [6, 6.07) is 8.24. The third-order valence-electron chi connectivity index (χ3n) is 4.48. The highest BCUT2D eigenvalue weighted by molar-refractivity contribution is 5.85. The lowest BCUT2D eigenvalue weighted by atomic mass is 10.0. The van der Waals surface area contributed by atoms with Crippen molar-refractivity contribution in [1.82, 2.24) is 10.2 Å². The number of hydrogen-bond acceptors (Lipinski definition) is 4. The van der Waals surface area contributed by atoms with Crippen molar-refractivity contribution in [3.8, 4) is 5.75 Å². The molecule has 2 aliphatic rings. The highest BCUT2D eigenvalue weighted by atomic mass is 35.5. The van der Waals surface area contributed by atoms with E-state index in [2.05, 4.69) is 17.4 Å². The minimum Gasteiger partial charge on any atom is -0.497 e. The number of carbonyl (C=O) groups is 1. The fraction of sp³-hybridized carbons (Fsp3) is 0.588. The summed E-state index contributed by atoms with van der Waals surface area (Å²) in [6.45, 7) is 3.19. The third-order valence-corrected chi connectivity index (χ3v) is 4.48. The summed E-state index contributed by atoms with van der Waals surface area (Å²) < 4.78 is 10.9. The molecular formula is C17H25ClN2O3. The van der Waals surface area contributed by atoms with Crippen LogP contribution in [0.15, 0.2) is 24.3 Å². The van der Waals surface area contributed by atoms with E-state index in [1.54, 1.807) is 7.11 Å². The third kappa shape index (κ3) is 4.37. The molecular weight excluding hydrogens is 316 g/mol. The number of likely N-dealkylation sites (tertiary alicyclic amines) is 1. The van der Waals surface area contributed by atoms with Crippen LogP contribution in [0.4, 0.5) is 0 Å². The molecule has 2 unspecified atom stereocenters. The lowest BCUT2D eigenvalue weighted by molar-refractivity contribution is -0.135. The Morgan fingerprint density at radius 2 is 2.17 bits per heavy atom. The monoisotopic (exact) mass is 340 g/mol. The van der Waals surface area contributed by atoms with Gasteiger partial charge in [0.2, 0.25) is 5.91 Å². The molecule has 5 nitrogen and oxygen atoms in total. The predicted octanol–water partition coefficient (Wildman–Crippen LogP) is 2.16. The number of nitrogens with zero attached hydrogens (tertiary/aromatic N) is 1. The highest BCUT2D eigenvalue weighted by Crippen LogP contribution is 2.33. The van der Waals surface area contributed by atoms with Crippen LogP contribution in [0.5, 0.6) is 5.75 Å². The molecule has 1 amide bonds. The molecule has 0 aliphatic carbocycles. The van der Waals surface area contributed by atoms with Gasteiger partial charge in [0.15, 0.2) is 0 Å². The number of amides is 1. The van der Waals surface area contributed by atoms with E-state index in [4.69, 9.17) is 9.47 Å². The van der Waals surface area contributed by atoms with Crippen LogP contribution in [0.25, 0.3) is 0 Å². The van der Waals surface area contributed by atoms with Gasteiger partial charge in [0.1, 0.15) is 5.75 Å². The van der Waals surface area contributed by atoms with E-state index in [1.165, 1.54) is 5.56 Å². The van der Waals surface area contributed by atoms with Gasteiger partial charge in [0.25, 0.3) is 0 Å². The summed E-state index contributed by atoms with van der Waals surface area (Å²) in [7, 11) is 1.67. The van der Waals surface area contributed by atoms with Crippen molar-refractivity contribution < 1.29 is 14.3 Å². The van der Waals surface area contributed by atoms with Gasteiger partial charge in [0.05, 0.1) is 32.3 Å². The largest absolute Gasteiger partial charge is 0.497 e. The molecule has 2 fully saturated rings. The molecule has 0 radical (unpaired) electrons. The van der Waals surface area contributed by atoms with Crippen molar-refractivity contribution in [1.29, 1.82) is 0 Å². The Bertz CT molecular complexity index is 503. The molecule has 2 heterocycles. The summed E-state index contributed by atoms with van der Waals surface area (Å²) in [6.07, 6.45) is 2.58. The Balaban J connectivity index is 0.00000192. The second kappa shape index (κ2) is 8.52. The SMILES string of the molecule is COc1ccc(C2CCCN2C(=O)CC2CNCCO2)cc1.Cl. The number of ether oxygens (including phenoxy) is 2. The first-order chi connectivity index (χ1) is 10.8. The van der Waals surface area contributed by atoms with Crippen LogP contribution in [0, 0.1) is 0 Å². The smallest absolute Gasteiger partial charge is 0.225 e. The first-order valence-electron chi connectivity index (χ1n) is 8.03. The molecule has 1 N–H and O–H groups in total. The van der Waals surface area contributed by atoms with Gasteiger partial charge in [-0.2, -0.15) is 0 Å². The molecule has 2 atom stereocenters. The molecule has 128 valence electrons. The Kier molecular flexibility index (Phi) is 6.69. The minimum atomic E-state index is 0. The van der Waals surface area contributed by atoms with Gasteiger partial charge in [0, 0.05) is 19.6 Å². The number of morpholine rings is 1. The van der Waals surface area contributed by atoms with Crippen LogP contribution >= 0.6 is 12.4 Å². The van der Waals surface area contributed by atoms with Gasteiger partial charge in [-0.15, -0.1) is 12.4 Å². The normalized spacial score (nSPS) is 24.1. The molecule has 1 aromatic rings. The number of rotatable bonds is 4. The lowest BCUT2D eigenvalue weighted by Crippen LogP contribution is -2.42. The van der Waals surface area contributed by atoms with Crippen molar-refractivity contribution in [3.05, 3.63) is 29.8 Å². The first-order valence-corrected chi connectivity index (χ1v) is 8.03. The topological polar surface area (TPSA) is 50.8 Å². The number of methoxy groups -OCH3 is 1. The molecule has 0 aromatic heterocycles. The molecule has 3 rings (SSSR count). The second-order valence-corrected chi connectivity index (χ2v) is 5.92. The van der Waals surface area contributed by atoms with E-state index < -0.39 is 0 Å². The van der Waals surface area contributed by atoms with Gasteiger partial charge in [-0.1, -0.05) is 12.1 Å². The van der Waals surface area contributed by atoms with Crippen molar-refractivity contribution in [2.75, 3.05) is 33.4 Å². The molecule has 2 aliphatic heterocycles. The minimum absolute atomic E-state index is 0. The van der Waals surface area contributed by atoms with Gasteiger partial charge >= 0.3 is 0 Å². The fourth-order valence-electron chi connectivity index (χ4n) is 3.30. The Morgan fingerprint density at radius 3 is 2.83 bits per heavy atom. The predicted molar refractivity (Wildman–Crippen MR) is 91.2 cm³/mol. The fourth-order valence-corrected chi connectivity index (χ4v) is 3.30. The summed E-state index contributed by atoms with van der Waals surface area (Å²) in [4.78, 5) is 14.6. The van der Waals surface area contributed by atoms with E-state index in [-0.39, 0.29) is 30.5 Å². The maximum atomic E-state index is 12.6. The highest BCUT2D eigenvalue weighted by Gasteiger charge is 2.31. The second-order valence-electron chi connectivity index (χ2n) is 5.92. The van der Waals surface area contributed by atoms with E-state index >= 15 is 0 Å². The number of hydrogen-bond donors (Lipinski definition) is 1. The van der Waals surface area contributed by atoms with E-state index in [0.29, 0.717) is 13.0 Å². The summed E-state index contributed by atoms with van der Waals surface area (Å²) in [5.41, 5.74) is 1.19. The van der Waals surface area contributed by atoms with Crippen LogP contribution < -0.4 is 10.1 Å². The number of carbonyl (C=O) groups excluding carboxylic acids is 1. The number of halogens is 1. The zero-order chi connectivity index (χ0) is 15.4. The lowest BCUT2D eigenvalue weighted by Gasteiger charge is -2.29. The van der Waals surface area contributed by atoms with Crippen LogP contribution in [-0.4, -0.2) is 50.3 Å². The standard InChI is InChI=1S/C17H24N2O3.ClH/c1-21-14-6-4-13(5-7-14)16-3-2-9-19(16)17(20)11-15-12-18-8-10-22-15;/h4-7,15-16,18H,2-3,8-12H2,1H3;1H. The number of nitrogens with one attached hydrogen (secondary N) is 1. The molecule has 1 aromatic carbocycles. The Labute approximate surface area is 143 Å². The van der Waals surface area contributed by atoms with Crippen molar-refractivity contribution in [2.45, 2.75) is 31.4 Å². The maximum absolute atomic E-state index is 12.6. The van der Waals surface area contributed by atoms with Gasteiger partial charge in [-0.05, 0) is 30.5 Å². The maximum Gasteiger partial charge on any atom is 0.225 e. The van der Waals surface area contributed by atoms with Gasteiger partial charge < -0.3 is 19.7 Å². The van der Waals surface area contributed by atoms with Crippen molar-refractivity contribution in [3.63, 3.8) is 0 Å². The molecule has 0 spiro atoms. The molecule has 6 heteroatoms. The summed E-state index contributed by atoms with van der Waals surface area (Å²) in [5, 5.41) is 3.28. The average Bonchev–Trinajstić information content (AvgIpc) is 3.05.